The molecule has 2 N–H and O–H groups in total. The number of benzene rings is 3. The predicted octanol–water partition coefficient (Wildman–Crippen LogP) is 4.85. The maximum Gasteiger partial charge on any atom is 0.124 e. The van der Waals surface area contributed by atoms with Crippen molar-refractivity contribution in [3.63, 3.8) is 0 Å². The van der Waals surface area contributed by atoms with Crippen molar-refractivity contribution in [2.75, 3.05) is 0 Å². The number of phenols is 2. The quantitative estimate of drug-likeness (QED) is 0.674. The molecule has 0 spiro atoms. The Morgan fingerprint density at radius 2 is 1.42 bits per heavy atom. The number of aromatic hydroxyl groups is 2. The zero-order valence-electron chi connectivity index (χ0n) is 13.3. The van der Waals surface area contributed by atoms with Crippen LogP contribution >= 0.6 is 0 Å². The van der Waals surface area contributed by atoms with E-state index in [0.717, 1.165) is 18.6 Å². The molecule has 1 atom stereocenters. The van der Waals surface area contributed by atoms with Crippen molar-refractivity contribution in [3.8, 4) is 17.2 Å². The highest BCUT2D eigenvalue weighted by molar-refractivity contribution is 5.36. The molecule has 1 unspecified atom stereocenters. The summed E-state index contributed by atoms with van der Waals surface area (Å²) in [5.74, 6) is 1.22. The molecule has 0 saturated carbocycles. The molecular formula is C21H20O3. The highest BCUT2D eigenvalue weighted by Crippen LogP contribution is 2.34. The molecule has 0 bridgehead atoms. The first kappa shape index (κ1) is 15.9. The van der Waals surface area contributed by atoms with Crippen molar-refractivity contribution in [3.05, 3.63) is 90.0 Å². The lowest BCUT2D eigenvalue weighted by molar-refractivity contribution is 0.176. The van der Waals surface area contributed by atoms with Crippen LogP contribution in [0.3, 0.4) is 0 Å². The van der Waals surface area contributed by atoms with Crippen molar-refractivity contribution in [2.45, 2.75) is 18.9 Å². The number of hydrogen-bond donors (Lipinski definition) is 2. The van der Waals surface area contributed by atoms with Gasteiger partial charge >= 0.3 is 0 Å². The Kier molecular flexibility index (Phi) is 5.02. The summed E-state index contributed by atoms with van der Waals surface area (Å²) in [6.45, 7) is 0. The Labute approximate surface area is 141 Å². The Bertz CT molecular complexity index is 767. The molecule has 1 heterocycles. The Balaban J connectivity index is 0.000000179. The highest BCUT2D eigenvalue weighted by Gasteiger charge is 2.20. The van der Waals surface area contributed by atoms with E-state index in [4.69, 9.17) is 14.9 Å². The molecule has 0 saturated heterocycles. The predicted molar refractivity (Wildman–Crippen MR) is 94.3 cm³/mol. The second kappa shape index (κ2) is 7.55. The van der Waals surface area contributed by atoms with Crippen LogP contribution in [0.15, 0.2) is 78.9 Å². The zero-order valence-corrected chi connectivity index (χ0v) is 13.3. The van der Waals surface area contributed by atoms with Gasteiger partial charge in [0.25, 0.3) is 0 Å². The van der Waals surface area contributed by atoms with Gasteiger partial charge in [0.2, 0.25) is 0 Å². The molecule has 1 aliphatic rings. The lowest BCUT2D eigenvalue weighted by Crippen LogP contribution is -2.14. The van der Waals surface area contributed by atoms with E-state index < -0.39 is 0 Å². The van der Waals surface area contributed by atoms with E-state index in [1.54, 1.807) is 6.07 Å². The summed E-state index contributed by atoms with van der Waals surface area (Å²) in [5.41, 5.74) is 2.60. The third kappa shape index (κ3) is 4.07. The van der Waals surface area contributed by atoms with E-state index in [9.17, 15) is 0 Å². The molecule has 3 aromatic rings. The number of rotatable bonds is 1. The normalized spacial score (nSPS) is 15.4. The van der Waals surface area contributed by atoms with Crippen molar-refractivity contribution in [2.24, 2.45) is 0 Å². The van der Waals surface area contributed by atoms with E-state index in [0.29, 0.717) is 0 Å². The van der Waals surface area contributed by atoms with Gasteiger partial charge in [0.1, 0.15) is 23.4 Å². The van der Waals surface area contributed by atoms with Gasteiger partial charge in [0.15, 0.2) is 0 Å². The van der Waals surface area contributed by atoms with Gasteiger partial charge in [0.05, 0.1) is 0 Å². The molecule has 0 amide bonds. The summed E-state index contributed by atoms with van der Waals surface area (Å²) in [7, 11) is 0. The van der Waals surface area contributed by atoms with E-state index in [1.165, 1.54) is 29.3 Å². The molecule has 0 radical (unpaired) electrons. The molecule has 3 nitrogen and oxygen atoms in total. The topological polar surface area (TPSA) is 49.7 Å². The smallest absolute Gasteiger partial charge is 0.124 e. The fourth-order valence-electron chi connectivity index (χ4n) is 2.72. The monoisotopic (exact) mass is 320 g/mol. The van der Waals surface area contributed by atoms with E-state index in [1.807, 2.05) is 12.1 Å². The highest BCUT2D eigenvalue weighted by atomic mass is 16.5. The van der Waals surface area contributed by atoms with E-state index in [-0.39, 0.29) is 17.6 Å². The Hall–Kier alpha value is -2.94. The Morgan fingerprint density at radius 3 is 2.08 bits per heavy atom. The van der Waals surface area contributed by atoms with Crippen LogP contribution in [0.4, 0.5) is 0 Å². The first-order valence-electron chi connectivity index (χ1n) is 8.00. The number of para-hydroxylation sites is 1. The van der Waals surface area contributed by atoms with Gasteiger partial charge in [-0.2, -0.15) is 0 Å². The third-order valence-electron chi connectivity index (χ3n) is 3.92. The summed E-state index contributed by atoms with van der Waals surface area (Å²) < 4.78 is 6.02. The van der Waals surface area contributed by atoms with Gasteiger partial charge in [-0.25, -0.2) is 0 Å². The van der Waals surface area contributed by atoms with Crippen molar-refractivity contribution >= 4 is 0 Å². The summed E-state index contributed by atoms with van der Waals surface area (Å²) in [4.78, 5) is 0. The average Bonchev–Trinajstić information content (AvgIpc) is 2.62. The second-order valence-corrected chi connectivity index (χ2v) is 5.68. The van der Waals surface area contributed by atoms with E-state index >= 15 is 0 Å². The minimum Gasteiger partial charge on any atom is -0.508 e. The second-order valence-electron chi connectivity index (χ2n) is 5.68. The molecule has 3 aromatic carbocycles. The Morgan fingerprint density at radius 1 is 0.750 bits per heavy atom. The van der Waals surface area contributed by atoms with Gasteiger partial charge in [-0.1, -0.05) is 54.6 Å². The summed E-state index contributed by atoms with van der Waals surface area (Å²) in [5, 5.41) is 17.3. The number of aryl methyl sites for hydroxylation is 1. The van der Waals surface area contributed by atoms with Gasteiger partial charge in [-0.05, 0) is 42.2 Å². The fourth-order valence-corrected chi connectivity index (χ4v) is 2.72. The first-order valence-corrected chi connectivity index (χ1v) is 8.00. The summed E-state index contributed by atoms with van der Waals surface area (Å²) in [6, 6.07) is 24.6. The van der Waals surface area contributed by atoms with Crippen molar-refractivity contribution in [1.29, 1.82) is 0 Å². The van der Waals surface area contributed by atoms with Crippen LogP contribution in [0.5, 0.6) is 17.2 Å². The molecular weight excluding hydrogens is 300 g/mol. The van der Waals surface area contributed by atoms with Gasteiger partial charge in [-0.15, -0.1) is 0 Å². The lowest BCUT2D eigenvalue weighted by atomic mass is 9.98. The minimum atomic E-state index is 0.0880. The van der Waals surface area contributed by atoms with Gasteiger partial charge in [0, 0.05) is 6.07 Å². The van der Waals surface area contributed by atoms with Crippen LogP contribution < -0.4 is 4.74 Å². The van der Waals surface area contributed by atoms with Crippen LogP contribution in [0.25, 0.3) is 0 Å². The van der Waals surface area contributed by atoms with Crippen LogP contribution in [0, 0.1) is 0 Å². The maximum absolute atomic E-state index is 8.65. The largest absolute Gasteiger partial charge is 0.508 e. The average molecular weight is 320 g/mol. The molecule has 3 heteroatoms. The SMILES string of the molecule is Oc1cccc(O)c1.c1ccc(C2CCc3ccccc3O2)cc1. The third-order valence-corrected chi connectivity index (χ3v) is 3.92. The number of phenolic OH excluding ortho intramolecular Hbond substituents is 2. The molecule has 0 fully saturated rings. The first-order chi connectivity index (χ1) is 11.7. The molecule has 0 aromatic heterocycles. The van der Waals surface area contributed by atoms with Crippen molar-refractivity contribution < 1.29 is 14.9 Å². The molecule has 4 rings (SSSR count). The number of hydrogen-bond acceptors (Lipinski definition) is 3. The lowest BCUT2D eigenvalue weighted by Gasteiger charge is -2.26. The van der Waals surface area contributed by atoms with Crippen LogP contribution in [-0.4, -0.2) is 10.2 Å². The van der Waals surface area contributed by atoms with Crippen LogP contribution in [0.2, 0.25) is 0 Å². The maximum atomic E-state index is 8.65. The van der Waals surface area contributed by atoms with Crippen molar-refractivity contribution in [1.82, 2.24) is 0 Å². The molecule has 24 heavy (non-hydrogen) atoms. The molecule has 122 valence electrons. The minimum absolute atomic E-state index is 0.0880. The molecule has 1 aliphatic heterocycles. The standard InChI is InChI=1S/C15H14O.C6H6O2/c1-2-6-12(7-3-1)15-11-10-13-8-4-5-9-14(13)16-15;7-5-2-1-3-6(8)4-5/h1-9,15H,10-11H2;1-4,7-8H. The number of fused-ring (bicyclic) bond motifs is 1. The van der Waals surface area contributed by atoms with Gasteiger partial charge < -0.3 is 14.9 Å². The number of ether oxygens (including phenoxy) is 1. The summed E-state index contributed by atoms with van der Waals surface area (Å²) in [6.07, 6.45) is 2.40. The summed E-state index contributed by atoms with van der Waals surface area (Å²) >= 11 is 0. The van der Waals surface area contributed by atoms with Crippen LogP contribution in [-0.2, 0) is 6.42 Å². The molecule has 0 aliphatic carbocycles. The van der Waals surface area contributed by atoms with E-state index in [2.05, 4.69) is 42.5 Å². The fraction of sp³-hybridized carbons (Fsp3) is 0.143. The zero-order chi connectivity index (χ0) is 16.8. The van der Waals surface area contributed by atoms with Gasteiger partial charge in [-0.3, -0.25) is 0 Å². The van der Waals surface area contributed by atoms with Crippen LogP contribution in [0.1, 0.15) is 23.7 Å².